The predicted octanol–water partition coefficient (Wildman–Crippen LogP) is 3.27. The van der Waals surface area contributed by atoms with Crippen molar-refractivity contribution in [1.29, 1.82) is 0 Å². The second kappa shape index (κ2) is 11.2. The number of amides is 1. The van der Waals surface area contributed by atoms with Gasteiger partial charge in [-0.3, -0.25) is 14.8 Å². The highest BCUT2D eigenvalue weighted by atomic mass is 19.1. The molecule has 10 heteroatoms. The smallest absolute Gasteiger partial charge is 0.244 e. The Labute approximate surface area is 232 Å². The van der Waals surface area contributed by atoms with Crippen LogP contribution in [0.3, 0.4) is 0 Å². The van der Waals surface area contributed by atoms with Crippen molar-refractivity contribution in [3.05, 3.63) is 88.9 Å². The molecule has 40 heavy (non-hydrogen) atoms. The number of allylic oxidation sites excluding steroid dienone is 1. The highest BCUT2D eigenvalue weighted by Gasteiger charge is 2.30. The number of nitrogens with one attached hydrogen (secondary N) is 2. The van der Waals surface area contributed by atoms with Crippen molar-refractivity contribution in [3.8, 4) is 0 Å². The normalized spacial score (nSPS) is 16.6. The van der Waals surface area contributed by atoms with Crippen LogP contribution in [-0.2, 0) is 22.4 Å². The van der Waals surface area contributed by atoms with Crippen LogP contribution in [0.1, 0.15) is 28.2 Å². The topological polar surface area (TPSA) is 99.3 Å². The second-order valence-corrected chi connectivity index (χ2v) is 10.4. The van der Waals surface area contributed by atoms with Gasteiger partial charge in [-0.2, -0.15) is 5.10 Å². The number of carbonyl (C=O) groups is 1. The van der Waals surface area contributed by atoms with Gasteiger partial charge in [0.25, 0.3) is 0 Å². The van der Waals surface area contributed by atoms with Crippen molar-refractivity contribution in [2.24, 2.45) is 0 Å². The Balaban J connectivity index is 1.22. The van der Waals surface area contributed by atoms with E-state index in [1.807, 2.05) is 42.5 Å². The third-order valence-electron chi connectivity index (χ3n) is 7.76. The summed E-state index contributed by atoms with van der Waals surface area (Å²) in [4.78, 5) is 26.7. The number of halogens is 1. The van der Waals surface area contributed by atoms with Gasteiger partial charge in [0.15, 0.2) is 5.82 Å². The van der Waals surface area contributed by atoms with Gasteiger partial charge in [0, 0.05) is 56.4 Å². The second-order valence-electron chi connectivity index (χ2n) is 10.4. The van der Waals surface area contributed by atoms with Crippen molar-refractivity contribution in [2.75, 3.05) is 52.3 Å². The Morgan fingerprint density at radius 1 is 1.18 bits per heavy atom. The molecule has 0 spiro atoms. The first kappa shape index (κ1) is 26.2. The van der Waals surface area contributed by atoms with E-state index in [2.05, 4.69) is 42.3 Å². The molecule has 1 aliphatic heterocycles. The van der Waals surface area contributed by atoms with Crippen LogP contribution in [0.2, 0.25) is 0 Å². The Bertz CT molecular complexity index is 1580. The Kier molecular flexibility index (Phi) is 7.38. The fourth-order valence-electron chi connectivity index (χ4n) is 5.52. The number of H-pyrrole nitrogens is 1. The largest absolute Gasteiger partial charge is 0.383 e. The van der Waals surface area contributed by atoms with E-state index in [4.69, 9.17) is 4.74 Å². The number of piperazine rings is 1. The van der Waals surface area contributed by atoms with E-state index in [1.165, 1.54) is 6.20 Å². The number of carbonyl (C=O) groups excluding carboxylic acids is 1. The lowest BCUT2D eigenvalue weighted by molar-refractivity contribution is -0.124. The Morgan fingerprint density at radius 2 is 2.02 bits per heavy atom. The van der Waals surface area contributed by atoms with Crippen molar-refractivity contribution in [1.82, 2.24) is 30.0 Å². The van der Waals surface area contributed by atoms with E-state index in [0.29, 0.717) is 30.8 Å². The molecule has 2 aliphatic rings. The maximum atomic E-state index is 15.1. The third-order valence-corrected chi connectivity index (χ3v) is 7.76. The van der Waals surface area contributed by atoms with Gasteiger partial charge in [-0.1, -0.05) is 30.3 Å². The number of hydrogen-bond donors (Lipinski definition) is 2. The molecular weight excluding hydrogens is 509 g/mol. The van der Waals surface area contributed by atoms with Crippen LogP contribution in [0.15, 0.2) is 54.9 Å². The number of benzene rings is 2. The van der Waals surface area contributed by atoms with E-state index in [-0.39, 0.29) is 17.6 Å². The van der Waals surface area contributed by atoms with Crippen LogP contribution < -0.4 is 5.32 Å². The van der Waals surface area contributed by atoms with Gasteiger partial charge < -0.3 is 15.0 Å². The predicted molar refractivity (Wildman–Crippen MR) is 151 cm³/mol. The fraction of sp³-hybridized carbons (Fsp3) is 0.333. The molecule has 1 amide bonds. The van der Waals surface area contributed by atoms with E-state index in [9.17, 15) is 4.79 Å². The lowest BCUT2D eigenvalue weighted by atomic mass is 10.0. The first-order valence-corrected chi connectivity index (χ1v) is 13.5. The summed E-state index contributed by atoms with van der Waals surface area (Å²) in [7, 11) is 3.71. The number of ether oxygens (including phenoxy) is 1. The van der Waals surface area contributed by atoms with Crippen molar-refractivity contribution < 1.29 is 13.9 Å². The quantitative estimate of drug-likeness (QED) is 0.353. The number of hydrogen-bond acceptors (Lipinski definition) is 7. The molecule has 6 rings (SSSR count). The Hall–Kier alpha value is -3.99. The van der Waals surface area contributed by atoms with Crippen molar-refractivity contribution in [2.45, 2.75) is 18.9 Å². The van der Waals surface area contributed by atoms with Gasteiger partial charge in [-0.15, -0.1) is 0 Å². The molecule has 0 radical (unpaired) electrons. The summed E-state index contributed by atoms with van der Waals surface area (Å²) in [6, 6.07) is 11.3. The molecule has 2 aromatic carbocycles. The molecule has 206 valence electrons. The minimum atomic E-state index is -0.475. The first-order chi connectivity index (χ1) is 19.5. The van der Waals surface area contributed by atoms with E-state index >= 15 is 4.39 Å². The number of methoxy groups -OCH3 is 1. The lowest BCUT2D eigenvalue weighted by Crippen LogP contribution is -2.54. The number of aromatic nitrogens is 4. The summed E-state index contributed by atoms with van der Waals surface area (Å²) in [5, 5.41) is 11.2. The summed E-state index contributed by atoms with van der Waals surface area (Å²) in [6.45, 7) is 3.75. The molecule has 9 nitrogen and oxygen atoms in total. The molecule has 1 atom stereocenters. The van der Waals surface area contributed by atoms with E-state index < -0.39 is 5.82 Å². The molecule has 1 aliphatic carbocycles. The van der Waals surface area contributed by atoms with Gasteiger partial charge in [0.05, 0.1) is 24.5 Å². The number of nitrogens with zero attached hydrogens (tertiary/aromatic N) is 5. The molecule has 0 unspecified atom stereocenters. The zero-order chi connectivity index (χ0) is 27.6. The minimum absolute atomic E-state index is 0.0991. The van der Waals surface area contributed by atoms with Crippen LogP contribution in [0.25, 0.3) is 16.5 Å². The molecule has 0 bridgehead atoms. The van der Waals surface area contributed by atoms with E-state index in [1.54, 1.807) is 13.3 Å². The van der Waals surface area contributed by atoms with Gasteiger partial charge in [-0.05, 0) is 42.3 Å². The van der Waals surface area contributed by atoms with Crippen LogP contribution >= 0.6 is 0 Å². The average Bonchev–Trinajstić information content (AvgIpc) is 3.61. The van der Waals surface area contributed by atoms with Crippen LogP contribution in [0.5, 0.6) is 0 Å². The fourth-order valence-corrected chi connectivity index (χ4v) is 5.52. The monoisotopic (exact) mass is 541 g/mol. The number of fused-ring (bicyclic) bond motifs is 2. The van der Waals surface area contributed by atoms with E-state index in [0.717, 1.165) is 59.5 Å². The highest BCUT2D eigenvalue weighted by Crippen LogP contribution is 2.37. The zero-order valence-electron chi connectivity index (χ0n) is 22.7. The third kappa shape index (κ3) is 5.25. The SMILES string of the molecule is COC[C@H](C(=O)Nc1cccc2c1CC=C2c1nc(Cc2ccc3cn[nH]c3c2)ncc1F)N1CCN(C)CC1. The summed E-state index contributed by atoms with van der Waals surface area (Å²) < 4.78 is 20.5. The molecule has 3 heterocycles. The highest BCUT2D eigenvalue weighted by molar-refractivity contribution is 5.97. The number of anilines is 1. The number of rotatable bonds is 8. The molecule has 2 N–H and O–H groups in total. The molecular formula is C30H32FN7O2. The molecule has 1 saturated heterocycles. The number of likely N-dealkylation sites (N-methyl/N-ethyl adjacent to an activating group) is 1. The summed E-state index contributed by atoms with van der Waals surface area (Å²) in [6.07, 6.45) is 6.02. The van der Waals surface area contributed by atoms with Gasteiger partial charge in [0.2, 0.25) is 5.91 Å². The van der Waals surface area contributed by atoms with Crippen molar-refractivity contribution in [3.63, 3.8) is 0 Å². The summed E-state index contributed by atoms with van der Waals surface area (Å²) in [5.74, 6) is -0.0433. The summed E-state index contributed by atoms with van der Waals surface area (Å²) in [5.41, 5.74) is 5.46. The van der Waals surface area contributed by atoms with Gasteiger partial charge in [0.1, 0.15) is 17.6 Å². The van der Waals surface area contributed by atoms with Gasteiger partial charge >= 0.3 is 0 Å². The van der Waals surface area contributed by atoms with Crippen LogP contribution in [-0.4, -0.2) is 88.9 Å². The maximum Gasteiger partial charge on any atom is 0.244 e. The molecule has 1 fully saturated rings. The standard InChI is InChI=1S/C30H32FN7O2/c1-37-10-12-38(13-11-37)27(18-40-2)30(39)34-25-5-3-4-21-22(25)8-9-23(21)29-24(31)17-32-28(35-29)15-19-6-7-20-16-33-36-26(20)14-19/h3-7,9,14,16-17,27H,8,10-13,15,18H2,1-2H3,(H,33,36)(H,34,39)/t27-/m1/s1. The lowest BCUT2D eigenvalue weighted by Gasteiger charge is -2.36. The first-order valence-electron chi connectivity index (χ1n) is 13.5. The number of aromatic amines is 1. The molecule has 2 aromatic heterocycles. The van der Waals surface area contributed by atoms with Gasteiger partial charge in [-0.25, -0.2) is 14.4 Å². The molecule has 4 aromatic rings. The Morgan fingerprint density at radius 3 is 2.85 bits per heavy atom. The van der Waals surface area contributed by atoms with Crippen LogP contribution in [0.4, 0.5) is 10.1 Å². The summed E-state index contributed by atoms with van der Waals surface area (Å²) >= 11 is 0. The minimum Gasteiger partial charge on any atom is -0.383 e. The average molecular weight is 542 g/mol. The zero-order valence-corrected chi connectivity index (χ0v) is 22.7. The van der Waals surface area contributed by atoms with Crippen LogP contribution in [0, 0.1) is 5.82 Å². The van der Waals surface area contributed by atoms with Crippen molar-refractivity contribution >= 4 is 28.1 Å². The molecule has 0 saturated carbocycles. The maximum absolute atomic E-state index is 15.1.